The smallest absolute Gasteiger partial charge is 0.165 e. The molecule has 5 nitrogen and oxygen atoms in total. The summed E-state index contributed by atoms with van der Waals surface area (Å²) in [5.41, 5.74) is 2.77. The van der Waals surface area contributed by atoms with Crippen LogP contribution in [0, 0.1) is 0 Å². The van der Waals surface area contributed by atoms with Crippen LogP contribution in [0.3, 0.4) is 0 Å². The quantitative estimate of drug-likeness (QED) is 0.433. The van der Waals surface area contributed by atoms with Gasteiger partial charge in [0, 0.05) is 23.5 Å². The van der Waals surface area contributed by atoms with E-state index < -0.39 is 0 Å². The van der Waals surface area contributed by atoms with Gasteiger partial charge < -0.3 is 9.84 Å². The molecule has 0 unspecified atom stereocenters. The molecule has 7 heteroatoms. The summed E-state index contributed by atoms with van der Waals surface area (Å²) >= 11 is 12.5. The van der Waals surface area contributed by atoms with Crippen molar-refractivity contribution in [1.29, 1.82) is 0 Å². The Morgan fingerprint density at radius 2 is 1.86 bits per heavy atom. The average molecular weight is 412 g/mol. The van der Waals surface area contributed by atoms with Crippen LogP contribution in [0.1, 0.15) is 5.56 Å². The van der Waals surface area contributed by atoms with E-state index in [0.717, 1.165) is 11.2 Å². The van der Waals surface area contributed by atoms with Crippen LogP contribution in [0.2, 0.25) is 10.0 Å². The maximum absolute atomic E-state index is 9.89. The molecule has 2 aromatic heterocycles. The fourth-order valence-electron chi connectivity index (χ4n) is 2.88. The minimum Gasteiger partial charge on any atom is -0.504 e. The molecule has 0 aliphatic heterocycles. The van der Waals surface area contributed by atoms with Gasteiger partial charge in [0.1, 0.15) is 11.3 Å². The first-order valence-corrected chi connectivity index (χ1v) is 9.16. The minimum absolute atomic E-state index is 0.0583. The molecule has 4 aromatic rings. The van der Waals surface area contributed by atoms with Crippen LogP contribution < -0.4 is 4.74 Å². The number of nitrogens with zero attached hydrogens (tertiary/aromatic N) is 3. The minimum atomic E-state index is 0.0583. The number of fused-ring (bicyclic) bond motifs is 1. The van der Waals surface area contributed by atoms with E-state index in [9.17, 15) is 5.11 Å². The molecule has 0 aliphatic carbocycles. The zero-order chi connectivity index (χ0) is 19.7. The summed E-state index contributed by atoms with van der Waals surface area (Å²) in [7, 11) is 1.50. The normalized spacial score (nSPS) is 11.4. The Labute approximate surface area is 171 Å². The largest absolute Gasteiger partial charge is 0.504 e. The van der Waals surface area contributed by atoms with E-state index in [0.29, 0.717) is 32.9 Å². The fourth-order valence-corrected chi connectivity index (χ4v) is 3.38. The van der Waals surface area contributed by atoms with Crippen molar-refractivity contribution in [3.05, 3.63) is 76.4 Å². The number of aliphatic imine (C=N–C) groups is 1. The molecule has 140 valence electrons. The number of methoxy groups -OCH3 is 1. The van der Waals surface area contributed by atoms with E-state index in [-0.39, 0.29) is 5.75 Å². The lowest BCUT2D eigenvalue weighted by Crippen LogP contribution is -1.88. The SMILES string of the molecule is COc1cc(-c2nc3ccccn3c2N=Cc2c(Cl)cccc2Cl)ccc1O. The second kappa shape index (κ2) is 7.54. The molecule has 1 N–H and O–H groups in total. The third kappa shape index (κ3) is 3.30. The van der Waals surface area contributed by atoms with Crippen molar-refractivity contribution in [1.82, 2.24) is 9.38 Å². The van der Waals surface area contributed by atoms with Crippen molar-refractivity contribution in [3.63, 3.8) is 0 Å². The highest BCUT2D eigenvalue weighted by molar-refractivity contribution is 6.38. The third-order valence-corrected chi connectivity index (χ3v) is 4.93. The number of aromatic hydroxyl groups is 1. The van der Waals surface area contributed by atoms with Gasteiger partial charge in [-0.15, -0.1) is 0 Å². The summed E-state index contributed by atoms with van der Waals surface area (Å²) in [6, 6.07) is 16.0. The zero-order valence-corrected chi connectivity index (χ0v) is 16.3. The summed E-state index contributed by atoms with van der Waals surface area (Å²) in [4.78, 5) is 9.33. The maximum atomic E-state index is 9.89. The molecule has 28 heavy (non-hydrogen) atoms. The molecule has 0 saturated carbocycles. The maximum Gasteiger partial charge on any atom is 0.165 e. The Morgan fingerprint density at radius 1 is 1.07 bits per heavy atom. The molecule has 0 amide bonds. The number of imidazole rings is 1. The molecule has 0 radical (unpaired) electrons. The van der Waals surface area contributed by atoms with Gasteiger partial charge in [-0.2, -0.15) is 0 Å². The van der Waals surface area contributed by atoms with Crippen molar-refractivity contribution >= 4 is 40.9 Å². The van der Waals surface area contributed by atoms with Crippen molar-refractivity contribution in [2.75, 3.05) is 7.11 Å². The molecular formula is C21H15Cl2N3O2. The van der Waals surface area contributed by atoms with Crippen LogP contribution in [0.4, 0.5) is 5.82 Å². The molecule has 2 heterocycles. The molecule has 2 aromatic carbocycles. The second-order valence-corrected chi connectivity index (χ2v) is 6.81. The Hall–Kier alpha value is -3.02. The molecule has 4 rings (SSSR count). The van der Waals surface area contributed by atoms with Crippen LogP contribution in [-0.4, -0.2) is 27.8 Å². The zero-order valence-electron chi connectivity index (χ0n) is 14.8. The highest BCUT2D eigenvalue weighted by Crippen LogP contribution is 2.36. The monoisotopic (exact) mass is 411 g/mol. The number of pyridine rings is 1. The van der Waals surface area contributed by atoms with Crippen molar-refractivity contribution in [3.8, 4) is 22.8 Å². The van der Waals surface area contributed by atoms with Crippen LogP contribution in [0.25, 0.3) is 16.9 Å². The average Bonchev–Trinajstić information content (AvgIpc) is 3.07. The van der Waals surface area contributed by atoms with Gasteiger partial charge in [0.2, 0.25) is 0 Å². The van der Waals surface area contributed by atoms with Crippen molar-refractivity contribution in [2.24, 2.45) is 4.99 Å². The number of hydrogen-bond acceptors (Lipinski definition) is 4. The van der Waals surface area contributed by atoms with Gasteiger partial charge in [-0.25, -0.2) is 9.98 Å². The molecule has 0 aliphatic rings. The molecule has 0 saturated heterocycles. The summed E-state index contributed by atoms with van der Waals surface area (Å²) in [5.74, 6) is 1.03. The standard InChI is InChI=1S/C21H15Cl2N3O2/c1-28-18-11-13(8-9-17(18)27)20-21(26-10-3-2-7-19(26)25-20)24-12-14-15(22)5-4-6-16(14)23/h2-12,27H,1H3. The van der Waals surface area contributed by atoms with Crippen LogP contribution in [0.15, 0.2) is 65.8 Å². The number of halogens is 2. The van der Waals surface area contributed by atoms with E-state index in [2.05, 4.69) is 4.99 Å². The lowest BCUT2D eigenvalue weighted by Gasteiger charge is -2.06. The second-order valence-electron chi connectivity index (χ2n) is 5.99. The highest BCUT2D eigenvalue weighted by atomic mass is 35.5. The van der Waals surface area contributed by atoms with E-state index in [1.807, 2.05) is 28.8 Å². The van der Waals surface area contributed by atoms with Crippen molar-refractivity contribution in [2.45, 2.75) is 0 Å². The number of ether oxygens (including phenoxy) is 1. The lowest BCUT2D eigenvalue weighted by molar-refractivity contribution is 0.373. The summed E-state index contributed by atoms with van der Waals surface area (Å²) in [5, 5.41) is 10.9. The number of hydrogen-bond donors (Lipinski definition) is 1. The topological polar surface area (TPSA) is 59.1 Å². The van der Waals surface area contributed by atoms with E-state index in [1.165, 1.54) is 7.11 Å². The molecular weight excluding hydrogens is 397 g/mol. The summed E-state index contributed by atoms with van der Waals surface area (Å²) < 4.78 is 7.09. The highest BCUT2D eigenvalue weighted by Gasteiger charge is 2.15. The van der Waals surface area contributed by atoms with E-state index in [1.54, 1.807) is 42.6 Å². The van der Waals surface area contributed by atoms with E-state index >= 15 is 0 Å². The summed E-state index contributed by atoms with van der Waals surface area (Å²) in [6.07, 6.45) is 3.51. The number of phenolic OH excluding ortho intramolecular Hbond substituents is 1. The predicted molar refractivity (Wildman–Crippen MR) is 113 cm³/mol. The van der Waals surface area contributed by atoms with Gasteiger partial charge in [-0.05, 0) is 42.5 Å². The first-order chi connectivity index (χ1) is 13.6. The van der Waals surface area contributed by atoms with Crippen LogP contribution in [0.5, 0.6) is 11.5 Å². The van der Waals surface area contributed by atoms with E-state index in [4.69, 9.17) is 32.9 Å². The number of benzene rings is 2. The van der Waals surface area contributed by atoms with Gasteiger partial charge in [0.05, 0.1) is 17.2 Å². The number of rotatable bonds is 4. The Kier molecular flexibility index (Phi) is 4.94. The third-order valence-electron chi connectivity index (χ3n) is 4.27. The predicted octanol–water partition coefficient (Wildman–Crippen LogP) is 5.77. The van der Waals surface area contributed by atoms with Gasteiger partial charge in [-0.3, -0.25) is 4.40 Å². The van der Waals surface area contributed by atoms with Gasteiger partial charge in [0.15, 0.2) is 17.3 Å². The Balaban J connectivity index is 1.90. The lowest BCUT2D eigenvalue weighted by atomic mass is 10.1. The van der Waals surface area contributed by atoms with Crippen molar-refractivity contribution < 1.29 is 9.84 Å². The number of phenols is 1. The van der Waals surface area contributed by atoms with Gasteiger partial charge >= 0.3 is 0 Å². The molecule has 0 bridgehead atoms. The first-order valence-electron chi connectivity index (χ1n) is 8.41. The Bertz CT molecular complexity index is 1180. The molecule has 0 fully saturated rings. The van der Waals surface area contributed by atoms with Gasteiger partial charge in [-0.1, -0.05) is 35.3 Å². The fraction of sp³-hybridized carbons (Fsp3) is 0.0476. The van der Waals surface area contributed by atoms with Crippen LogP contribution in [-0.2, 0) is 0 Å². The number of aromatic nitrogens is 2. The summed E-state index contributed by atoms with van der Waals surface area (Å²) in [6.45, 7) is 0. The molecule has 0 spiro atoms. The first kappa shape index (κ1) is 18.3. The molecule has 0 atom stereocenters. The van der Waals surface area contributed by atoms with Gasteiger partial charge in [0.25, 0.3) is 0 Å². The Morgan fingerprint density at radius 3 is 2.61 bits per heavy atom. The van der Waals surface area contributed by atoms with Crippen LogP contribution >= 0.6 is 23.2 Å².